The van der Waals surface area contributed by atoms with Crippen molar-refractivity contribution in [3.8, 4) is 0 Å². The number of benzene rings is 1. The summed E-state index contributed by atoms with van der Waals surface area (Å²) in [5.41, 5.74) is 0.979. The Morgan fingerprint density at radius 2 is 1.95 bits per heavy atom. The third kappa shape index (κ3) is 3.70. The van der Waals surface area contributed by atoms with Gasteiger partial charge in [-0.2, -0.15) is 0 Å². The van der Waals surface area contributed by atoms with Gasteiger partial charge >= 0.3 is 6.03 Å². The number of rotatable bonds is 4. The molecule has 1 saturated heterocycles. The Morgan fingerprint density at radius 1 is 1.26 bits per heavy atom. The van der Waals surface area contributed by atoms with E-state index in [1.165, 1.54) is 0 Å². The van der Waals surface area contributed by atoms with Crippen LogP contribution < -0.4 is 4.90 Å². The van der Waals surface area contributed by atoms with Crippen molar-refractivity contribution in [3.05, 3.63) is 30.3 Å². The molecule has 1 aliphatic heterocycles. The van der Waals surface area contributed by atoms with Crippen molar-refractivity contribution in [3.63, 3.8) is 0 Å². The highest BCUT2D eigenvalue weighted by Crippen LogP contribution is 2.17. The summed E-state index contributed by atoms with van der Waals surface area (Å²) in [7, 11) is 0. The van der Waals surface area contributed by atoms with Crippen LogP contribution in [0.2, 0.25) is 0 Å². The number of amides is 2. The first kappa shape index (κ1) is 13.9. The predicted molar refractivity (Wildman–Crippen MR) is 76.5 cm³/mol. The number of hydrogen-bond donors (Lipinski definition) is 0. The van der Waals surface area contributed by atoms with E-state index in [0.717, 1.165) is 25.1 Å². The van der Waals surface area contributed by atoms with Gasteiger partial charge in [0.05, 0.1) is 13.2 Å². The van der Waals surface area contributed by atoms with Gasteiger partial charge in [-0.1, -0.05) is 31.5 Å². The van der Waals surface area contributed by atoms with Crippen LogP contribution in [0.25, 0.3) is 0 Å². The zero-order valence-corrected chi connectivity index (χ0v) is 11.5. The highest BCUT2D eigenvalue weighted by Gasteiger charge is 2.23. The Kier molecular flexibility index (Phi) is 5.21. The normalized spacial score (nSPS) is 15.3. The molecule has 104 valence electrons. The van der Waals surface area contributed by atoms with Crippen molar-refractivity contribution in [1.82, 2.24) is 4.90 Å². The van der Waals surface area contributed by atoms with Crippen LogP contribution in [0.1, 0.15) is 19.8 Å². The van der Waals surface area contributed by atoms with Gasteiger partial charge in [0, 0.05) is 25.3 Å². The molecular weight excluding hydrogens is 240 g/mol. The molecule has 0 saturated carbocycles. The number of anilines is 1. The number of ether oxygens (including phenoxy) is 1. The van der Waals surface area contributed by atoms with Crippen LogP contribution in [0.15, 0.2) is 30.3 Å². The van der Waals surface area contributed by atoms with Crippen LogP contribution >= 0.6 is 0 Å². The molecule has 1 fully saturated rings. The molecule has 0 atom stereocenters. The number of morpholine rings is 1. The van der Waals surface area contributed by atoms with Crippen molar-refractivity contribution in [2.24, 2.45) is 0 Å². The van der Waals surface area contributed by atoms with E-state index in [4.69, 9.17) is 4.74 Å². The minimum Gasteiger partial charge on any atom is -0.378 e. The van der Waals surface area contributed by atoms with Crippen LogP contribution in [0.5, 0.6) is 0 Å². The molecule has 2 rings (SSSR count). The molecule has 4 nitrogen and oxygen atoms in total. The first-order chi connectivity index (χ1) is 9.33. The highest BCUT2D eigenvalue weighted by atomic mass is 16.5. The van der Waals surface area contributed by atoms with E-state index in [0.29, 0.717) is 26.3 Å². The zero-order chi connectivity index (χ0) is 13.5. The zero-order valence-electron chi connectivity index (χ0n) is 11.5. The summed E-state index contributed by atoms with van der Waals surface area (Å²) in [5, 5.41) is 0. The summed E-state index contributed by atoms with van der Waals surface area (Å²) in [6.45, 7) is 5.58. The standard InChI is InChI=1S/C15H22N2O2/c1-2-3-9-17(14-7-5-4-6-8-14)15(18)16-10-12-19-13-11-16/h4-8H,2-3,9-13H2,1H3. The summed E-state index contributed by atoms with van der Waals surface area (Å²) in [6.07, 6.45) is 2.10. The summed E-state index contributed by atoms with van der Waals surface area (Å²) >= 11 is 0. The van der Waals surface area contributed by atoms with Gasteiger partial charge in [-0.25, -0.2) is 4.79 Å². The number of carbonyl (C=O) groups is 1. The lowest BCUT2D eigenvalue weighted by Gasteiger charge is -2.33. The molecule has 0 spiro atoms. The quantitative estimate of drug-likeness (QED) is 0.836. The van der Waals surface area contributed by atoms with Gasteiger partial charge < -0.3 is 9.64 Å². The second-order valence-electron chi connectivity index (χ2n) is 4.72. The molecule has 0 aliphatic carbocycles. The fourth-order valence-electron chi connectivity index (χ4n) is 2.18. The Bertz CT molecular complexity index is 388. The van der Waals surface area contributed by atoms with Gasteiger partial charge in [-0.05, 0) is 18.6 Å². The third-order valence-electron chi connectivity index (χ3n) is 3.32. The van der Waals surface area contributed by atoms with E-state index in [-0.39, 0.29) is 6.03 Å². The second kappa shape index (κ2) is 7.14. The fraction of sp³-hybridized carbons (Fsp3) is 0.533. The van der Waals surface area contributed by atoms with Crippen LogP contribution in [0.4, 0.5) is 10.5 Å². The number of nitrogens with zero attached hydrogens (tertiary/aromatic N) is 2. The number of para-hydroxylation sites is 1. The molecule has 0 radical (unpaired) electrons. The number of urea groups is 1. The topological polar surface area (TPSA) is 32.8 Å². The average Bonchev–Trinajstić information content (AvgIpc) is 2.49. The molecule has 1 aromatic rings. The van der Waals surface area contributed by atoms with Crippen molar-refractivity contribution >= 4 is 11.7 Å². The van der Waals surface area contributed by atoms with Gasteiger partial charge in [0.25, 0.3) is 0 Å². The van der Waals surface area contributed by atoms with E-state index in [1.54, 1.807) is 0 Å². The molecule has 0 bridgehead atoms. The van der Waals surface area contributed by atoms with E-state index >= 15 is 0 Å². The van der Waals surface area contributed by atoms with Gasteiger partial charge in [0.1, 0.15) is 0 Å². The molecule has 2 amide bonds. The Labute approximate surface area is 115 Å². The van der Waals surface area contributed by atoms with Crippen molar-refractivity contribution in [1.29, 1.82) is 0 Å². The van der Waals surface area contributed by atoms with Crippen molar-refractivity contribution < 1.29 is 9.53 Å². The summed E-state index contributed by atoms with van der Waals surface area (Å²) in [6, 6.07) is 10.0. The van der Waals surface area contributed by atoms with Gasteiger partial charge in [-0.15, -0.1) is 0 Å². The minimum absolute atomic E-state index is 0.1000. The lowest BCUT2D eigenvalue weighted by Crippen LogP contribution is -2.48. The van der Waals surface area contributed by atoms with Crippen molar-refractivity contribution in [2.75, 3.05) is 37.7 Å². The minimum atomic E-state index is 0.1000. The molecule has 0 aromatic heterocycles. The SMILES string of the molecule is CCCCN(C(=O)N1CCOCC1)c1ccccc1. The molecule has 1 heterocycles. The third-order valence-corrected chi connectivity index (χ3v) is 3.32. The van der Waals surface area contributed by atoms with Crippen LogP contribution in [-0.2, 0) is 4.74 Å². The fourth-order valence-corrected chi connectivity index (χ4v) is 2.18. The largest absolute Gasteiger partial charge is 0.378 e. The summed E-state index contributed by atoms with van der Waals surface area (Å²) in [4.78, 5) is 16.4. The lowest BCUT2D eigenvalue weighted by molar-refractivity contribution is 0.0548. The van der Waals surface area contributed by atoms with Crippen LogP contribution in [0.3, 0.4) is 0 Å². The maximum Gasteiger partial charge on any atom is 0.324 e. The van der Waals surface area contributed by atoms with E-state index in [9.17, 15) is 4.79 Å². The van der Waals surface area contributed by atoms with Crippen molar-refractivity contribution in [2.45, 2.75) is 19.8 Å². The van der Waals surface area contributed by atoms with E-state index in [1.807, 2.05) is 40.1 Å². The highest BCUT2D eigenvalue weighted by molar-refractivity contribution is 5.92. The Hall–Kier alpha value is -1.55. The Morgan fingerprint density at radius 3 is 2.58 bits per heavy atom. The molecule has 0 unspecified atom stereocenters. The van der Waals surface area contributed by atoms with E-state index in [2.05, 4.69) is 6.92 Å². The van der Waals surface area contributed by atoms with Gasteiger partial charge in [-0.3, -0.25) is 4.90 Å². The molecule has 1 aliphatic rings. The molecule has 4 heteroatoms. The predicted octanol–water partition coefficient (Wildman–Crippen LogP) is 2.75. The van der Waals surface area contributed by atoms with Crippen LogP contribution in [-0.4, -0.2) is 43.8 Å². The number of carbonyl (C=O) groups excluding carboxylic acids is 1. The monoisotopic (exact) mass is 262 g/mol. The van der Waals surface area contributed by atoms with E-state index < -0.39 is 0 Å². The van der Waals surface area contributed by atoms with Gasteiger partial charge in [0.15, 0.2) is 0 Å². The molecule has 19 heavy (non-hydrogen) atoms. The van der Waals surface area contributed by atoms with Crippen LogP contribution in [0, 0.1) is 0 Å². The molecule has 1 aromatic carbocycles. The lowest BCUT2D eigenvalue weighted by atomic mass is 10.2. The first-order valence-corrected chi connectivity index (χ1v) is 7.02. The van der Waals surface area contributed by atoms with Gasteiger partial charge in [0.2, 0.25) is 0 Å². The smallest absolute Gasteiger partial charge is 0.324 e. The second-order valence-corrected chi connectivity index (χ2v) is 4.72. The molecule has 0 N–H and O–H groups in total. The number of unbranched alkanes of at least 4 members (excludes halogenated alkanes) is 1. The number of hydrogen-bond acceptors (Lipinski definition) is 2. The molecular formula is C15H22N2O2. The maximum atomic E-state index is 12.6. The average molecular weight is 262 g/mol. The summed E-state index contributed by atoms with van der Waals surface area (Å²) in [5.74, 6) is 0. The summed E-state index contributed by atoms with van der Waals surface area (Å²) < 4.78 is 5.30. The first-order valence-electron chi connectivity index (χ1n) is 7.02. The maximum absolute atomic E-state index is 12.6. The Balaban J connectivity index is 2.10.